The van der Waals surface area contributed by atoms with Crippen LogP contribution in [0.2, 0.25) is 0 Å². The molecule has 7 rings (SSSR count). The van der Waals surface area contributed by atoms with Crippen LogP contribution in [0.15, 0.2) is 199 Å². The van der Waals surface area contributed by atoms with Gasteiger partial charge in [0.1, 0.15) is 17.0 Å². The summed E-state index contributed by atoms with van der Waals surface area (Å²) >= 11 is 0. The summed E-state index contributed by atoms with van der Waals surface area (Å²) in [7, 11) is 0. The molecule has 0 aliphatic carbocycles. The van der Waals surface area contributed by atoms with E-state index in [1.807, 2.05) is 146 Å². The minimum atomic E-state index is -1.00. The standard InChI is InChI=1S/C45H39N3O3/c49-41(34-51-45(38-25-13-4-14-26-38,39-27-15-5-16-28-39)40-29-17-6-18-30-40)33-48-32-31-42(46-43(48)50)47-44(35-19-7-1-8-20-35,36-21-9-2-10-22-36)37-23-11-3-12-24-37/h1-32,41,49H,33-34H2,(H,46,47,50). The maximum absolute atomic E-state index is 13.6. The minimum Gasteiger partial charge on any atom is -0.389 e. The summed E-state index contributed by atoms with van der Waals surface area (Å²) in [5.74, 6) is 0.412. The van der Waals surface area contributed by atoms with Crippen LogP contribution in [-0.2, 0) is 22.4 Å². The van der Waals surface area contributed by atoms with Crippen molar-refractivity contribution in [2.24, 2.45) is 0 Å². The molecule has 1 aromatic heterocycles. The molecule has 1 atom stereocenters. The normalized spacial score (nSPS) is 12.3. The first-order chi connectivity index (χ1) is 25.1. The van der Waals surface area contributed by atoms with Crippen molar-refractivity contribution >= 4 is 5.82 Å². The fraction of sp³-hybridized carbons (Fsp3) is 0.111. The van der Waals surface area contributed by atoms with Crippen LogP contribution >= 0.6 is 0 Å². The van der Waals surface area contributed by atoms with Crippen molar-refractivity contribution in [3.05, 3.63) is 238 Å². The summed E-state index contributed by atoms with van der Waals surface area (Å²) < 4.78 is 8.22. The number of hydrogen-bond acceptors (Lipinski definition) is 5. The summed E-state index contributed by atoms with van der Waals surface area (Å²) in [6.45, 7) is -0.0357. The molecule has 0 bridgehead atoms. The second-order valence-corrected chi connectivity index (χ2v) is 12.5. The van der Waals surface area contributed by atoms with Crippen LogP contribution in [0.4, 0.5) is 5.82 Å². The van der Waals surface area contributed by atoms with E-state index >= 15 is 0 Å². The lowest BCUT2D eigenvalue weighted by atomic mass is 9.77. The van der Waals surface area contributed by atoms with Gasteiger partial charge in [-0.15, -0.1) is 0 Å². The molecule has 0 aliphatic heterocycles. The summed E-state index contributed by atoms with van der Waals surface area (Å²) in [4.78, 5) is 18.1. The molecule has 2 N–H and O–H groups in total. The van der Waals surface area contributed by atoms with E-state index < -0.39 is 22.9 Å². The van der Waals surface area contributed by atoms with Crippen molar-refractivity contribution < 1.29 is 9.84 Å². The van der Waals surface area contributed by atoms with Crippen molar-refractivity contribution in [3.8, 4) is 0 Å². The van der Waals surface area contributed by atoms with Gasteiger partial charge < -0.3 is 15.2 Å². The number of aliphatic hydroxyl groups excluding tert-OH is 1. The lowest BCUT2D eigenvalue weighted by Gasteiger charge is -2.37. The largest absolute Gasteiger partial charge is 0.389 e. The highest BCUT2D eigenvalue weighted by molar-refractivity contribution is 5.58. The molecule has 51 heavy (non-hydrogen) atoms. The fourth-order valence-corrected chi connectivity index (χ4v) is 6.88. The van der Waals surface area contributed by atoms with Gasteiger partial charge >= 0.3 is 5.69 Å². The average molecular weight is 670 g/mol. The van der Waals surface area contributed by atoms with Crippen molar-refractivity contribution in [2.45, 2.75) is 23.8 Å². The molecule has 6 aromatic carbocycles. The maximum atomic E-state index is 13.6. The number of nitrogens with one attached hydrogen (secondary N) is 1. The molecule has 0 spiro atoms. The van der Waals surface area contributed by atoms with Crippen LogP contribution in [0.1, 0.15) is 33.4 Å². The van der Waals surface area contributed by atoms with Gasteiger partial charge in [-0.1, -0.05) is 182 Å². The highest BCUT2D eigenvalue weighted by Gasteiger charge is 2.39. The molecule has 0 fully saturated rings. The van der Waals surface area contributed by atoms with Crippen LogP contribution in [0.5, 0.6) is 0 Å². The molecule has 6 heteroatoms. The summed E-state index contributed by atoms with van der Waals surface area (Å²) in [5, 5.41) is 15.1. The minimum absolute atomic E-state index is 0.00175. The highest BCUT2D eigenvalue weighted by atomic mass is 16.5. The topological polar surface area (TPSA) is 76.4 Å². The predicted molar refractivity (Wildman–Crippen MR) is 202 cm³/mol. The van der Waals surface area contributed by atoms with Gasteiger partial charge in [0.15, 0.2) is 0 Å². The van der Waals surface area contributed by atoms with E-state index in [9.17, 15) is 9.90 Å². The third-order valence-corrected chi connectivity index (χ3v) is 9.25. The molecule has 0 radical (unpaired) electrons. The van der Waals surface area contributed by atoms with Gasteiger partial charge in [-0.3, -0.25) is 4.57 Å². The first-order valence-corrected chi connectivity index (χ1v) is 17.1. The van der Waals surface area contributed by atoms with Gasteiger partial charge in [0.2, 0.25) is 0 Å². The Hall–Kier alpha value is -6.08. The summed E-state index contributed by atoms with van der Waals surface area (Å²) in [6.07, 6.45) is 0.668. The first-order valence-electron chi connectivity index (χ1n) is 17.1. The molecule has 6 nitrogen and oxygen atoms in total. The SMILES string of the molecule is O=c1nc(NC(c2ccccc2)(c2ccccc2)c2ccccc2)ccn1CC(O)COC(c1ccccc1)(c1ccccc1)c1ccccc1. The van der Waals surface area contributed by atoms with Gasteiger partial charge in [-0.25, -0.2) is 4.79 Å². The highest BCUT2D eigenvalue weighted by Crippen LogP contribution is 2.41. The molecule has 0 saturated carbocycles. The quantitative estimate of drug-likeness (QED) is 0.122. The van der Waals surface area contributed by atoms with Crippen molar-refractivity contribution in [3.63, 3.8) is 0 Å². The Labute approximate surface area is 298 Å². The molecule has 0 aliphatic rings. The molecule has 0 saturated heterocycles. The zero-order chi connectivity index (χ0) is 34.9. The van der Waals surface area contributed by atoms with Crippen LogP contribution in [0, 0.1) is 0 Å². The number of aliphatic hydroxyl groups is 1. The number of aromatic nitrogens is 2. The van der Waals surface area contributed by atoms with E-state index in [2.05, 4.69) is 46.7 Å². The Bertz CT molecular complexity index is 1990. The number of benzene rings is 6. The number of nitrogens with zero attached hydrogens (tertiary/aromatic N) is 2. The molecule has 7 aromatic rings. The number of anilines is 1. The number of hydrogen-bond donors (Lipinski definition) is 2. The molecule has 0 amide bonds. The average Bonchev–Trinajstić information content (AvgIpc) is 3.20. The molecular formula is C45H39N3O3. The van der Waals surface area contributed by atoms with Gasteiger partial charge in [0, 0.05) is 6.20 Å². The third kappa shape index (κ3) is 6.88. The van der Waals surface area contributed by atoms with Crippen molar-refractivity contribution in [1.82, 2.24) is 9.55 Å². The van der Waals surface area contributed by atoms with E-state index in [1.54, 1.807) is 12.3 Å². The van der Waals surface area contributed by atoms with Gasteiger partial charge in [-0.05, 0) is 39.4 Å². The van der Waals surface area contributed by atoms with E-state index in [0.29, 0.717) is 5.82 Å². The van der Waals surface area contributed by atoms with Gasteiger partial charge in [-0.2, -0.15) is 4.98 Å². The van der Waals surface area contributed by atoms with Gasteiger partial charge in [0.05, 0.1) is 19.3 Å². The third-order valence-electron chi connectivity index (χ3n) is 9.25. The second kappa shape index (κ2) is 15.2. The zero-order valence-electron chi connectivity index (χ0n) is 28.1. The molecule has 252 valence electrons. The predicted octanol–water partition coefficient (Wildman–Crippen LogP) is 8.02. The van der Waals surface area contributed by atoms with Crippen molar-refractivity contribution in [2.75, 3.05) is 11.9 Å². The van der Waals surface area contributed by atoms with E-state index in [1.165, 1.54) is 4.57 Å². The van der Waals surface area contributed by atoms with Crippen LogP contribution in [0.25, 0.3) is 0 Å². The van der Waals surface area contributed by atoms with Crippen LogP contribution in [0.3, 0.4) is 0 Å². The second-order valence-electron chi connectivity index (χ2n) is 12.5. The number of rotatable bonds is 13. The van der Waals surface area contributed by atoms with E-state index in [4.69, 9.17) is 4.74 Å². The smallest absolute Gasteiger partial charge is 0.349 e. The van der Waals surface area contributed by atoms with Crippen molar-refractivity contribution in [1.29, 1.82) is 0 Å². The Morgan fingerprint density at radius 1 is 0.549 bits per heavy atom. The van der Waals surface area contributed by atoms with Crippen LogP contribution in [-0.4, -0.2) is 27.4 Å². The monoisotopic (exact) mass is 669 g/mol. The Morgan fingerprint density at radius 3 is 1.25 bits per heavy atom. The Kier molecular flexibility index (Phi) is 9.97. The Balaban J connectivity index is 1.18. The maximum Gasteiger partial charge on any atom is 0.349 e. The number of ether oxygens (including phenoxy) is 1. The first kappa shape index (κ1) is 33.4. The molecule has 1 unspecified atom stereocenters. The molecule has 1 heterocycles. The lowest BCUT2D eigenvalue weighted by molar-refractivity contribution is -0.0426. The van der Waals surface area contributed by atoms with E-state index in [-0.39, 0.29) is 13.2 Å². The fourth-order valence-electron chi connectivity index (χ4n) is 6.88. The van der Waals surface area contributed by atoms with E-state index in [0.717, 1.165) is 33.4 Å². The zero-order valence-corrected chi connectivity index (χ0v) is 28.1. The summed E-state index contributed by atoms with van der Waals surface area (Å²) in [6, 6.07) is 62.3. The lowest BCUT2D eigenvalue weighted by Crippen LogP contribution is -2.40. The van der Waals surface area contributed by atoms with Gasteiger partial charge in [0.25, 0.3) is 0 Å². The Morgan fingerprint density at radius 2 is 0.902 bits per heavy atom. The summed E-state index contributed by atoms with van der Waals surface area (Å²) in [5.41, 5.74) is 3.49. The molecular weight excluding hydrogens is 631 g/mol. The van der Waals surface area contributed by atoms with Crippen LogP contribution < -0.4 is 11.0 Å².